The van der Waals surface area contributed by atoms with Gasteiger partial charge in [-0.05, 0) is 30.5 Å². The molecule has 0 radical (unpaired) electrons. The second-order valence-corrected chi connectivity index (χ2v) is 6.45. The summed E-state index contributed by atoms with van der Waals surface area (Å²) in [6.07, 6.45) is 5.91. The summed E-state index contributed by atoms with van der Waals surface area (Å²) < 4.78 is 10.4. The Morgan fingerprint density at radius 2 is 1.77 bits per heavy atom. The third-order valence-electron chi connectivity index (χ3n) is 4.52. The molecular formula is C19H29N3O4. The van der Waals surface area contributed by atoms with E-state index in [4.69, 9.17) is 9.47 Å². The van der Waals surface area contributed by atoms with Crippen LogP contribution in [0.3, 0.4) is 0 Å². The fourth-order valence-corrected chi connectivity index (χ4v) is 3.05. The number of benzene rings is 1. The maximum absolute atomic E-state index is 11.9. The average Bonchev–Trinajstić information content (AvgIpc) is 2.66. The molecule has 1 saturated carbocycles. The molecule has 0 atom stereocenters. The van der Waals surface area contributed by atoms with Crippen molar-refractivity contribution in [2.45, 2.75) is 51.1 Å². The van der Waals surface area contributed by atoms with Crippen LogP contribution in [0, 0.1) is 0 Å². The number of hydrogen-bond acceptors (Lipinski definition) is 4. The first-order valence-corrected chi connectivity index (χ1v) is 9.14. The van der Waals surface area contributed by atoms with E-state index >= 15 is 0 Å². The molecule has 1 aliphatic rings. The topological polar surface area (TPSA) is 88.7 Å². The van der Waals surface area contributed by atoms with Crippen LogP contribution in [0.1, 0.15) is 44.1 Å². The molecule has 1 aromatic rings. The van der Waals surface area contributed by atoms with Crippen molar-refractivity contribution in [2.75, 3.05) is 20.8 Å². The van der Waals surface area contributed by atoms with Gasteiger partial charge in [-0.2, -0.15) is 0 Å². The van der Waals surface area contributed by atoms with Gasteiger partial charge in [-0.1, -0.05) is 25.3 Å². The van der Waals surface area contributed by atoms with Gasteiger partial charge in [-0.25, -0.2) is 4.79 Å². The minimum absolute atomic E-state index is 0.113. The number of carbonyl (C=O) groups is 2. The lowest BCUT2D eigenvalue weighted by atomic mass is 9.96. The molecule has 0 saturated heterocycles. The van der Waals surface area contributed by atoms with Crippen LogP contribution in [0.2, 0.25) is 0 Å². The van der Waals surface area contributed by atoms with E-state index in [0.29, 0.717) is 24.6 Å². The van der Waals surface area contributed by atoms with E-state index in [1.54, 1.807) is 20.3 Å². The first kappa shape index (κ1) is 19.9. The SMILES string of the molecule is COc1ccc(CNC(=O)CCNC(=O)NC2CCCCC2)cc1OC. The highest BCUT2D eigenvalue weighted by Crippen LogP contribution is 2.27. The number of rotatable bonds is 8. The summed E-state index contributed by atoms with van der Waals surface area (Å²) in [6, 6.07) is 5.58. The summed E-state index contributed by atoms with van der Waals surface area (Å²) in [5.41, 5.74) is 0.916. The monoisotopic (exact) mass is 363 g/mol. The van der Waals surface area contributed by atoms with E-state index in [0.717, 1.165) is 18.4 Å². The van der Waals surface area contributed by atoms with Gasteiger partial charge in [0.2, 0.25) is 5.91 Å². The molecule has 1 fully saturated rings. The zero-order valence-electron chi connectivity index (χ0n) is 15.6. The Morgan fingerprint density at radius 3 is 2.46 bits per heavy atom. The Labute approximate surface area is 154 Å². The maximum Gasteiger partial charge on any atom is 0.315 e. The molecule has 0 bridgehead atoms. The standard InChI is InChI=1S/C19H29N3O4/c1-25-16-9-8-14(12-17(16)26-2)13-21-18(23)10-11-20-19(24)22-15-6-4-3-5-7-15/h8-9,12,15H,3-7,10-11,13H2,1-2H3,(H,21,23)(H2,20,22,24). The van der Waals surface area contributed by atoms with Crippen molar-refractivity contribution in [1.82, 2.24) is 16.0 Å². The van der Waals surface area contributed by atoms with E-state index in [1.807, 2.05) is 12.1 Å². The second-order valence-electron chi connectivity index (χ2n) is 6.45. The van der Waals surface area contributed by atoms with Crippen LogP contribution in [0.15, 0.2) is 18.2 Å². The number of urea groups is 1. The van der Waals surface area contributed by atoms with Crippen LogP contribution < -0.4 is 25.4 Å². The molecule has 7 nitrogen and oxygen atoms in total. The molecule has 7 heteroatoms. The molecule has 1 aromatic carbocycles. The molecule has 0 unspecified atom stereocenters. The van der Waals surface area contributed by atoms with Gasteiger partial charge in [0.25, 0.3) is 0 Å². The molecular weight excluding hydrogens is 334 g/mol. The van der Waals surface area contributed by atoms with Crippen LogP contribution in [0.25, 0.3) is 0 Å². The first-order chi connectivity index (χ1) is 12.6. The lowest BCUT2D eigenvalue weighted by molar-refractivity contribution is -0.121. The largest absolute Gasteiger partial charge is 0.493 e. The number of hydrogen-bond donors (Lipinski definition) is 3. The lowest BCUT2D eigenvalue weighted by Gasteiger charge is -2.22. The van der Waals surface area contributed by atoms with Crippen molar-refractivity contribution in [3.05, 3.63) is 23.8 Å². The number of methoxy groups -OCH3 is 2. The molecule has 144 valence electrons. The molecule has 1 aliphatic carbocycles. The Balaban J connectivity index is 1.65. The van der Waals surface area contributed by atoms with E-state index in [2.05, 4.69) is 16.0 Å². The van der Waals surface area contributed by atoms with Gasteiger partial charge in [-0.3, -0.25) is 4.79 Å². The van der Waals surface area contributed by atoms with E-state index in [1.165, 1.54) is 19.3 Å². The fraction of sp³-hybridized carbons (Fsp3) is 0.579. The molecule has 0 heterocycles. The predicted molar refractivity (Wildman–Crippen MR) is 99.4 cm³/mol. The fourth-order valence-electron chi connectivity index (χ4n) is 3.05. The third kappa shape index (κ3) is 6.46. The van der Waals surface area contributed by atoms with Gasteiger partial charge in [0.05, 0.1) is 14.2 Å². The zero-order valence-corrected chi connectivity index (χ0v) is 15.6. The van der Waals surface area contributed by atoms with Crippen molar-refractivity contribution < 1.29 is 19.1 Å². The molecule has 26 heavy (non-hydrogen) atoms. The summed E-state index contributed by atoms with van der Waals surface area (Å²) in [6.45, 7) is 0.712. The normalized spacial score (nSPS) is 14.4. The van der Waals surface area contributed by atoms with Crippen LogP contribution >= 0.6 is 0 Å². The highest BCUT2D eigenvalue weighted by molar-refractivity contribution is 5.78. The molecule has 3 amide bonds. The number of amides is 3. The highest BCUT2D eigenvalue weighted by Gasteiger charge is 2.15. The van der Waals surface area contributed by atoms with Crippen LogP contribution in [0.5, 0.6) is 11.5 Å². The number of carbonyl (C=O) groups excluding carboxylic acids is 2. The smallest absolute Gasteiger partial charge is 0.315 e. The zero-order chi connectivity index (χ0) is 18.8. The number of nitrogens with one attached hydrogen (secondary N) is 3. The molecule has 3 N–H and O–H groups in total. The minimum atomic E-state index is -0.190. The third-order valence-corrected chi connectivity index (χ3v) is 4.52. The summed E-state index contributed by atoms with van der Waals surface area (Å²) >= 11 is 0. The second kappa shape index (κ2) is 10.5. The molecule has 0 spiro atoms. The molecule has 2 rings (SSSR count). The Kier molecular flexibility index (Phi) is 8.05. The van der Waals surface area contributed by atoms with Crippen molar-refractivity contribution in [1.29, 1.82) is 0 Å². The van der Waals surface area contributed by atoms with E-state index < -0.39 is 0 Å². The van der Waals surface area contributed by atoms with Gasteiger partial charge >= 0.3 is 6.03 Å². The minimum Gasteiger partial charge on any atom is -0.493 e. The summed E-state index contributed by atoms with van der Waals surface area (Å²) in [5.74, 6) is 1.16. The molecule has 0 aliphatic heterocycles. The van der Waals surface area contributed by atoms with Crippen molar-refractivity contribution >= 4 is 11.9 Å². The summed E-state index contributed by atoms with van der Waals surface area (Å²) in [4.78, 5) is 23.8. The van der Waals surface area contributed by atoms with Crippen LogP contribution in [-0.4, -0.2) is 38.7 Å². The van der Waals surface area contributed by atoms with Gasteiger partial charge < -0.3 is 25.4 Å². The van der Waals surface area contributed by atoms with Crippen LogP contribution in [0.4, 0.5) is 4.79 Å². The van der Waals surface area contributed by atoms with Crippen molar-refractivity contribution in [3.8, 4) is 11.5 Å². The first-order valence-electron chi connectivity index (χ1n) is 9.14. The number of ether oxygens (including phenoxy) is 2. The Hall–Kier alpha value is -2.44. The van der Waals surface area contributed by atoms with Crippen molar-refractivity contribution in [3.63, 3.8) is 0 Å². The lowest BCUT2D eigenvalue weighted by Crippen LogP contribution is -2.43. The Bertz CT molecular complexity index is 600. The highest BCUT2D eigenvalue weighted by atomic mass is 16.5. The average molecular weight is 363 g/mol. The maximum atomic E-state index is 11.9. The molecule has 0 aromatic heterocycles. The summed E-state index contributed by atoms with van der Waals surface area (Å²) in [7, 11) is 3.15. The van der Waals surface area contributed by atoms with Gasteiger partial charge in [0.1, 0.15) is 0 Å². The van der Waals surface area contributed by atoms with E-state index in [9.17, 15) is 9.59 Å². The van der Waals surface area contributed by atoms with Gasteiger partial charge in [0.15, 0.2) is 11.5 Å². The Morgan fingerprint density at radius 1 is 1.04 bits per heavy atom. The predicted octanol–water partition coefficient (Wildman–Crippen LogP) is 2.34. The van der Waals surface area contributed by atoms with Gasteiger partial charge in [-0.15, -0.1) is 0 Å². The van der Waals surface area contributed by atoms with Gasteiger partial charge in [0, 0.05) is 25.6 Å². The summed E-state index contributed by atoms with van der Waals surface area (Å²) in [5, 5.41) is 8.55. The van der Waals surface area contributed by atoms with Crippen molar-refractivity contribution in [2.24, 2.45) is 0 Å². The quantitative estimate of drug-likeness (QED) is 0.661. The van der Waals surface area contributed by atoms with Crippen LogP contribution in [-0.2, 0) is 11.3 Å². The van der Waals surface area contributed by atoms with E-state index in [-0.39, 0.29) is 24.4 Å².